The van der Waals surface area contributed by atoms with Crippen molar-refractivity contribution >= 4 is 27.2 Å². The lowest BCUT2D eigenvalue weighted by Gasteiger charge is -2.21. The Labute approximate surface area is 130 Å². The SMILES string of the molecule is CC(NS(=O)(=O)c1cccc(F)c1C(N)=S)C1CCCC1. The van der Waals surface area contributed by atoms with E-state index in [1.54, 1.807) is 0 Å². The zero-order chi connectivity index (χ0) is 15.6. The molecule has 7 heteroatoms. The van der Waals surface area contributed by atoms with Gasteiger partial charge in [0, 0.05) is 6.04 Å². The van der Waals surface area contributed by atoms with Crippen molar-refractivity contribution in [3.05, 3.63) is 29.6 Å². The maximum absolute atomic E-state index is 13.8. The first kappa shape index (κ1) is 16.3. The van der Waals surface area contributed by atoms with Gasteiger partial charge in [-0.25, -0.2) is 17.5 Å². The van der Waals surface area contributed by atoms with E-state index >= 15 is 0 Å². The molecule has 0 aliphatic heterocycles. The van der Waals surface area contributed by atoms with E-state index in [1.807, 2.05) is 6.92 Å². The fraction of sp³-hybridized carbons (Fsp3) is 0.500. The van der Waals surface area contributed by atoms with Gasteiger partial charge in [-0.15, -0.1) is 0 Å². The minimum Gasteiger partial charge on any atom is -0.389 e. The molecule has 1 atom stereocenters. The first-order valence-corrected chi connectivity index (χ1v) is 8.82. The van der Waals surface area contributed by atoms with Crippen LogP contribution in [0.1, 0.15) is 38.2 Å². The average molecular weight is 330 g/mol. The summed E-state index contributed by atoms with van der Waals surface area (Å²) < 4.78 is 41.4. The largest absolute Gasteiger partial charge is 0.389 e. The summed E-state index contributed by atoms with van der Waals surface area (Å²) in [7, 11) is -3.85. The van der Waals surface area contributed by atoms with Crippen LogP contribution in [0.3, 0.4) is 0 Å². The summed E-state index contributed by atoms with van der Waals surface area (Å²) in [5.41, 5.74) is 5.24. The molecule has 0 spiro atoms. The summed E-state index contributed by atoms with van der Waals surface area (Å²) >= 11 is 4.77. The fourth-order valence-electron chi connectivity index (χ4n) is 2.83. The Morgan fingerprint density at radius 3 is 2.62 bits per heavy atom. The predicted molar refractivity (Wildman–Crippen MR) is 84.0 cm³/mol. The molecule has 0 radical (unpaired) electrons. The summed E-state index contributed by atoms with van der Waals surface area (Å²) in [6.45, 7) is 1.84. The highest BCUT2D eigenvalue weighted by Crippen LogP contribution is 2.28. The molecule has 0 heterocycles. The lowest BCUT2D eigenvalue weighted by molar-refractivity contribution is 0.424. The van der Waals surface area contributed by atoms with Gasteiger partial charge >= 0.3 is 0 Å². The molecular weight excluding hydrogens is 311 g/mol. The molecule has 3 N–H and O–H groups in total. The molecule has 1 saturated carbocycles. The second kappa shape index (κ2) is 6.37. The van der Waals surface area contributed by atoms with Gasteiger partial charge in [-0.1, -0.05) is 31.1 Å². The molecule has 4 nitrogen and oxygen atoms in total. The zero-order valence-corrected chi connectivity index (χ0v) is 13.4. The van der Waals surface area contributed by atoms with E-state index in [4.69, 9.17) is 18.0 Å². The molecule has 0 bridgehead atoms. The van der Waals surface area contributed by atoms with Gasteiger partial charge in [-0.2, -0.15) is 0 Å². The first-order chi connectivity index (χ1) is 9.83. The number of sulfonamides is 1. The van der Waals surface area contributed by atoms with Crippen LogP contribution >= 0.6 is 12.2 Å². The number of halogens is 1. The molecule has 0 saturated heterocycles. The van der Waals surface area contributed by atoms with Crippen molar-refractivity contribution < 1.29 is 12.8 Å². The molecule has 1 aromatic carbocycles. The van der Waals surface area contributed by atoms with Crippen LogP contribution in [0.15, 0.2) is 23.1 Å². The minimum atomic E-state index is -3.85. The van der Waals surface area contributed by atoms with Gasteiger partial charge in [0.25, 0.3) is 0 Å². The van der Waals surface area contributed by atoms with Crippen molar-refractivity contribution in [3.63, 3.8) is 0 Å². The van der Waals surface area contributed by atoms with Crippen LogP contribution in [0.2, 0.25) is 0 Å². The molecule has 0 aromatic heterocycles. The van der Waals surface area contributed by atoms with E-state index in [9.17, 15) is 12.8 Å². The van der Waals surface area contributed by atoms with Crippen molar-refractivity contribution in [2.75, 3.05) is 0 Å². The summed E-state index contributed by atoms with van der Waals surface area (Å²) in [4.78, 5) is -0.457. The van der Waals surface area contributed by atoms with Crippen LogP contribution in [0.5, 0.6) is 0 Å². The van der Waals surface area contributed by atoms with Crippen LogP contribution in [-0.2, 0) is 10.0 Å². The molecule has 1 aliphatic rings. The van der Waals surface area contributed by atoms with Crippen molar-refractivity contribution in [3.8, 4) is 0 Å². The van der Waals surface area contributed by atoms with Crippen LogP contribution in [0.25, 0.3) is 0 Å². The van der Waals surface area contributed by atoms with Crippen molar-refractivity contribution in [1.82, 2.24) is 4.72 Å². The van der Waals surface area contributed by atoms with Crippen LogP contribution in [0.4, 0.5) is 4.39 Å². The van der Waals surface area contributed by atoms with Gasteiger partial charge in [0.15, 0.2) is 0 Å². The highest BCUT2D eigenvalue weighted by molar-refractivity contribution is 7.89. The molecule has 1 aliphatic carbocycles. The monoisotopic (exact) mass is 330 g/mol. The molecule has 1 unspecified atom stereocenters. The van der Waals surface area contributed by atoms with E-state index in [1.165, 1.54) is 12.1 Å². The summed E-state index contributed by atoms with van der Waals surface area (Å²) in [5, 5.41) is 0. The normalized spacial score (nSPS) is 17.8. The second-order valence-corrected chi connectivity index (χ2v) is 7.55. The third-order valence-corrected chi connectivity index (χ3v) is 5.76. The molecule has 116 valence electrons. The Balaban J connectivity index is 2.31. The van der Waals surface area contributed by atoms with E-state index in [-0.39, 0.29) is 21.5 Å². The number of hydrogen-bond acceptors (Lipinski definition) is 3. The minimum absolute atomic E-state index is 0.194. The lowest BCUT2D eigenvalue weighted by Crippen LogP contribution is -2.38. The Kier molecular flexibility index (Phi) is 4.95. The first-order valence-electron chi connectivity index (χ1n) is 6.93. The molecular formula is C14H19FN2O2S2. The summed E-state index contributed by atoms with van der Waals surface area (Å²) in [5.74, 6) is -0.402. The van der Waals surface area contributed by atoms with Crippen molar-refractivity contribution in [2.24, 2.45) is 11.7 Å². The van der Waals surface area contributed by atoms with Gasteiger partial charge in [0.2, 0.25) is 10.0 Å². The Morgan fingerprint density at radius 1 is 1.43 bits per heavy atom. The number of nitrogens with one attached hydrogen (secondary N) is 1. The predicted octanol–water partition coefficient (Wildman–Crippen LogP) is 2.32. The number of nitrogens with two attached hydrogens (primary N) is 1. The van der Waals surface area contributed by atoms with Gasteiger partial charge in [0.05, 0.1) is 10.5 Å². The topological polar surface area (TPSA) is 72.2 Å². The fourth-order valence-corrected chi connectivity index (χ4v) is 4.64. The average Bonchev–Trinajstić information content (AvgIpc) is 2.91. The van der Waals surface area contributed by atoms with Crippen LogP contribution < -0.4 is 10.5 Å². The molecule has 1 aromatic rings. The molecule has 21 heavy (non-hydrogen) atoms. The smallest absolute Gasteiger partial charge is 0.241 e. The Bertz CT molecular complexity index is 640. The molecule has 0 amide bonds. The zero-order valence-electron chi connectivity index (χ0n) is 11.8. The summed E-state index contributed by atoms with van der Waals surface area (Å²) in [6, 6.07) is 3.61. The van der Waals surface area contributed by atoms with Crippen LogP contribution in [-0.4, -0.2) is 19.4 Å². The van der Waals surface area contributed by atoms with E-state index < -0.39 is 15.8 Å². The van der Waals surface area contributed by atoms with E-state index in [0.29, 0.717) is 5.92 Å². The quantitative estimate of drug-likeness (QED) is 0.813. The third kappa shape index (κ3) is 3.59. The standard InChI is InChI=1S/C14H19FN2O2S2/c1-9(10-5-2-3-6-10)17-21(18,19)12-8-4-7-11(15)13(12)14(16)20/h4,7-10,17H,2-3,5-6H2,1H3,(H2,16,20). The molecule has 2 rings (SSSR count). The van der Waals surface area contributed by atoms with Gasteiger partial charge in [-0.3, -0.25) is 0 Å². The Morgan fingerprint density at radius 2 is 2.05 bits per heavy atom. The number of thiocarbonyl (C=S) groups is 1. The van der Waals surface area contributed by atoms with E-state index in [2.05, 4.69) is 4.72 Å². The molecule has 1 fully saturated rings. The highest BCUT2D eigenvalue weighted by atomic mass is 32.2. The van der Waals surface area contributed by atoms with Gasteiger partial charge in [-0.05, 0) is 37.8 Å². The maximum Gasteiger partial charge on any atom is 0.241 e. The number of benzene rings is 1. The lowest BCUT2D eigenvalue weighted by atomic mass is 10.0. The third-order valence-electron chi connectivity index (χ3n) is 3.96. The summed E-state index contributed by atoms with van der Waals surface area (Å²) in [6.07, 6.45) is 4.26. The van der Waals surface area contributed by atoms with Crippen LogP contribution in [0, 0.1) is 11.7 Å². The maximum atomic E-state index is 13.8. The Hall–Kier alpha value is -1.05. The van der Waals surface area contributed by atoms with Crippen molar-refractivity contribution in [1.29, 1.82) is 0 Å². The second-order valence-electron chi connectivity index (χ2n) is 5.43. The number of hydrogen-bond donors (Lipinski definition) is 2. The highest BCUT2D eigenvalue weighted by Gasteiger charge is 2.28. The van der Waals surface area contributed by atoms with Gasteiger partial charge < -0.3 is 5.73 Å². The van der Waals surface area contributed by atoms with Gasteiger partial charge in [0.1, 0.15) is 10.8 Å². The number of rotatable bonds is 5. The van der Waals surface area contributed by atoms with Crippen molar-refractivity contribution in [2.45, 2.75) is 43.5 Å². The van der Waals surface area contributed by atoms with E-state index in [0.717, 1.165) is 31.7 Å².